The summed E-state index contributed by atoms with van der Waals surface area (Å²) in [6.45, 7) is 0.748. The van der Waals surface area contributed by atoms with E-state index < -0.39 is 12.0 Å². The molecule has 2 N–H and O–H groups in total. The molecule has 2 amide bonds. The van der Waals surface area contributed by atoms with Gasteiger partial charge in [0.2, 0.25) is 0 Å². The lowest BCUT2D eigenvalue weighted by Crippen LogP contribution is -2.53. The molecule has 0 spiro atoms. The number of aliphatic carboxylic acids is 1. The zero-order chi connectivity index (χ0) is 15.2. The number of benzene rings is 1. The van der Waals surface area contributed by atoms with Crippen molar-refractivity contribution in [2.75, 3.05) is 25.2 Å². The van der Waals surface area contributed by atoms with Crippen molar-refractivity contribution in [1.82, 2.24) is 10.2 Å². The molecule has 1 heterocycles. The van der Waals surface area contributed by atoms with Gasteiger partial charge in [-0.05, 0) is 6.07 Å². The van der Waals surface area contributed by atoms with E-state index in [0.29, 0.717) is 24.6 Å². The molecular weight excluding hydrogens is 292 g/mol. The van der Waals surface area contributed by atoms with E-state index in [1.165, 1.54) is 4.90 Å². The van der Waals surface area contributed by atoms with Gasteiger partial charge in [-0.25, -0.2) is 9.59 Å². The van der Waals surface area contributed by atoms with E-state index in [4.69, 9.17) is 9.84 Å². The summed E-state index contributed by atoms with van der Waals surface area (Å²) in [5, 5.41) is 11.9. The first-order valence-electron chi connectivity index (χ1n) is 6.60. The molecule has 0 aromatic heterocycles. The number of nitrogens with zero attached hydrogens (tertiary/aromatic N) is 1. The third-order valence-corrected chi connectivity index (χ3v) is 4.32. The topological polar surface area (TPSA) is 78.9 Å². The Bertz CT molecular complexity index is 523. The number of carboxylic acid groups (broad SMARTS) is 1. The molecule has 1 saturated heterocycles. The molecule has 2 rings (SSSR count). The summed E-state index contributed by atoms with van der Waals surface area (Å²) in [7, 11) is 1.57. The summed E-state index contributed by atoms with van der Waals surface area (Å²) >= 11 is 1.55. The van der Waals surface area contributed by atoms with E-state index in [0.717, 1.165) is 11.3 Å². The van der Waals surface area contributed by atoms with E-state index in [1.807, 2.05) is 24.3 Å². The first-order chi connectivity index (χ1) is 10.1. The van der Waals surface area contributed by atoms with E-state index in [2.05, 4.69) is 5.32 Å². The summed E-state index contributed by atoms with van der Waals surface area (Å²) in [6, 6.07) is 6.28. The minimum absolute atomic E-state index is 0.304. The first-order valence-corrected chi connectivity index (χ1v) is 7.76. The van der Waals surface area contributed by atoms with Crippen molar-refractivity contribution in [3.8, 4) is 5.75 Å². The van der Waals surface area contributed by atoms with Crippen molar-refractivity contribution in [3.63, 3.8) is 0 Å². The Balaban J connectivity index is 1.99. The SMILES string of the molecule is COc1ccccc1CNC(=O)N1CCSCC1C(=O)O. The van der Waals surface area contributed by atoms with Crippen LogP contribution < -0.4 is 10.1 Å². The van der Waals surface area contributed by atoms with Gasteiger partial charge in [0.05, 0.1) is 7.11 Å². The molecule has 0 radical (unpaired) electrons. The molecule has 0 aliphatic carbocycles. The Morgan fingerprint density at radius 2 is 2.24 bits per heavy atom. The van der Waals surface area contributed by atoms with Crippen molar-refractivity contribution >= 4 is 23.8 Å². The second-order valence-electron chi connectivity index (χ2n) is 4.59. The molecule has 6 nitrogen and oxygen atoms in total. The number of thioether (sulfide) groups is 1. The fourth-order valence-electron chi connectivity index (χ4n) is 2.17. The predicted molar refractivity (Wildman–Crippen MR) is 80.7 cm³/mol. The molecule has 1 unspecified atom stereocenters. The highest BCUT2D eigenvalue weighted by atomic mass is 32.2. The van der Waals surface area contributed by atoms with Crippen LogP contribution in [0.4, 0.5) is 4.79 Å². The normalized spacial score (nSPS) is 18.1. The van der Waals surface area contributed by atoms with Crippen LogP contribution in [0.3, 0.4) is 0 Å². The number of hydrogen-bond donors (Lipinski definition) is 2. The zero-order valence-corrected chi connectivity index (χ0v) is 12.6. The Morgan fingerprint density at radius 3 is 2.95 bits per heavy atom. The Labute approximate surface area is 127 Å². The molecule has 114 valence electrons. The van der Waals surface area contributed by atoms with Crippen LogP contribution in [0, 0.1) is 0 Å². The second-order valence-corrected chi connectivity index (χ2v) is 5.74. The van der Waals surface area contributed by atoms with Crippen LogP contribution >= 0.6 is 11.8 Å². The lowest BCUT2D eigenvalue weighted by molar-refractivity contribution is -0.141. The lowest BCUT2D eigenvalue weighted by atomic mass is 10.2. The van der Waals surface area contributed by atoms with Crippen LogP contribution in [0.25, 0.3) is 0 Å². The fraction of sp³-hybridized carbons (Fsp3) is 0.429. The third-order valence-electron chi connectivity index (χ3n) is 3.30. The summed E-state index contributed by atoms with van der Waals surface area (Å²) in [5.74, 6) is 0.917. The average Bonchev–Trinajstić information content (AvgIpc) is 2.52. The van der Waals surface area contributed by atoms with Crippen molar-refractivity contribution < 1.29 is 19.4 Å². The smallest absolute Gasteiger partial charge is 0.327 e. The van der Waals surface area contributed by atoms with Gasteiger partial charge in [0.25, 0.3) is 0 Å². The standard InChI is InChI=1S/C14H18N2O4S/c1-20-12-5-3-2-4-10(12)8-15-14(19)16-6-7-21-9-11(16)13(17)18/h2-5,11H,6-9H2,1H3,(H,15,19)(H,17,18). The van der Waals surface area contributed by atoms with Gasteiger partial charge in [-0.2, -0.15) is 11.8 Å². The van der Waals surface area contributed by atoms with Crippen molar-refractivity contribution in [2.24, 2.45) is 0 Å². The highest BCUT2D eigenvalue weighted by Crippen LogP contribution is 2.19. The number of methoxy groups -OCH3 is 1. The minimum Gasteiger partial charge on any atom is -0.496 e. The molecule has 0 bridgehead atoms. The van der Waals surface area contributed by atoms with Crippen LogP contribution in [0.1, 0.15) is 5.56 Å². The van der Waals surface area contributed by atoms with Crippen molar-refractivity contribution in [1.29, 1.82) is 0 Å². The molecule has 1 aromatic rings. The maximum Gasteiger partial charge on any atom is 0.327 e. The second kappa shape index (κ2) is 7.21. The minimum atomic E-state index is -0.963. The summed E-state index contributed by atoms with van der Waals surface area (Å²) in [5.41, 5.74) is 0.853. The number of carboxylic acids is 1. The van der Waals surface area contributed by atoms with Crippen molar-refractivity contribution in [3.05, 3.63) is 29.8 Å². The molecule has 1 atom stereocenters. The third kappa shape index (κ3) is 3.81. The van der Waals surface area contributed by atoms with Crippen LogP contribution in [0.5, 0.6) is 5.75 Å². The molecule has 1 aliphatic heterocycles. The molecule has 1 fully saturated rings. The van der Waals surface area contributed by atoms with Gasteiger partial charge >= 0.3 is 12.0 Å². The Hall–Kier alpha value is -1.89. The van der Waals surface area contributed by atoms with E-state index in [1.54, 1.807) is 18.9 Å². The number of carbonyl (C=O) groups is 2. The number of ether oxygens (including phenoxy) is 1. The van der Waals surface area contributed by atoms with E-state index >= 15 is 0 Å². The number of para-hydroxylation sites is 1. The van der Waals surface area contributed by atoms with Crippen LogP contribution in [0.15, 0.2) is 24.3 Å². The largest absolute Gasteiger partial charge is 0.496 e. The van der Waals surface area contributed by atoms with Crippen LogP contribution in [-0.4, -0.2) is 53.2 Å². The van der Waals surface area contributed by atoms with Crippen molar-refractivity contribution in [2.45, 2.75) is 12.6 Å². The van der Waals surface area contributed by atoms with Gasteiger partial charge in [0, 0.05) is 30.2 Å². The quantitative estimate of drug-likeness (QED) is 0.879. The van der Waals surface area contributed by atoms with Gasteiger partial charge in [-0.1, -0.05) is 18.2 Å². The summed E-state index contributed by atoms with van der Waals surface area (Å²) in [6.07, 6.45) is 0. The lowest BCUT2D eigenvalue weighted by Gasteiger charge is -2.32. The van der Waals surface area contributed by atoms with E-state index in [9.17, 15) is 9.59 Å². The number of carbonyl (C=O) groups excluding carboxylic acids is 1. The zero-order valence-electron chi connectivity index (χ0n) is 11.7. The number of rotatable bonds is 4. The van der Waals surface area contributed by atoms with Gasteiger partial charge in [0.15, 0.2) is 0 Å². The number of nitrogens with one attached hydrogen (secondary N) is 1. The Kier molecular flexibility index (Phi) is 5.32. The summed E-state index contributed by atoms with van der Waals surface area (Å²) < 4.78 is 5.22. The molecule has 1 aliphatic rings. The first kappa shape index (κ1) is 15.5. The monoisotopic (exact) mass is 310 g/mol. The molecule has 1 aromatic carbocycles. The molecule has 21 heavy (non-hydrogen) atoms. The van der Waals surface area contributed by atoms with Gasteiger partial charge in [0.1, 0.15) is 11.8 Å². The maximum atomic E-state index is 12.2. The number of hydrogen-bond acceptors (Lipinski definition) is 4. The maximum absolute atomic E-state index is 12.2. The molecule has 0 saturated carbocycles. The molecular formula is C14H18N2O4S. The van der Waals surface area contributed by atoms with Crippen LogP contribution in [-0.2, 0) is 11.3 Å². The van der Waals surface area contributed by atoms with Crippen LogP contribution in [0.2, 0.25) is 0 Å². The highest BCUT2D eigenvalue weighted by molar-refractivity contribution is 7.99. The van der Waals surface area contributed by atoms with Gasteiger partial charge in [-0.15, -0.1) is 0 Å². The highest BCUT2D eigenvalue weighted by Gasteiger charge is 2.32. The number of urea groups is 1. The van der Waals surface area contributed by atoms with Gasteiger partial charge in [-0.3, -0.25) is 0 Å². The van der Waals surface area contributed by atoms with E-state index in [-0.39, 0.29) is 6.03 Å². The molecule has 7 heteroatoms. The number of amides is 2. The summed E-state index contributed by atoms with van der Waals surface area (Å²) in [4.78, 5) is 24.8. The average molecular weight is 310 g/mol. The Morgan fingerprint density at radius 1 is 1.48 bits per heavy atom. The van der Waals surface area contributed by atoms with Gasteiger partial charge < -0.3 is 20.1 Å². The predicted octanol–water partition coefficient (Wildman–Crippen LogP) is 1.41. The fourth-order valence-corrected chi connectivity index (χ4v) is 3.21.